The number of amides is 1. The number of aromatic amines is 1. The number of rotatable bonds is 2. The van der Waals surface area contributed by atoms with Gasteiger partial charge in [0.25, 0.3) is 5.91 Å². The highest BCUT2D eigenvalue weighted by molar-refractivity contribution is 6.32. The number of aromatic nitrogens is 1. The van der Waals surface area contributed by atoms with E-state index in [9.17, 15) is 4.79 Å². The number of aryl methyl sites for hydroxylation is 2. The summed E-state index contributed by atoms with van der Waals surface area (Å²) in [5.41, 5.74) is 7.34. The zero-order valence-corrected chi connectivity index (χ0v) is 12.8. The molecule has 1 aromatic carbocycles. The van der Waals surface area contributed by atoms with E-state index in [2.05, 4.69) is 15.5 Å². The van der Waals surface area contributed by atoms with Gasteiger partial charge >= 0.3 is 0 Å². The van der Waals surface area contributed by atoms with Crippen LogP contribution in [0.4, 0.5) is 0 Å². The Morgan fingerprint density at radius 2 is 2.00 bits per heavy atom. The standard InChI is InChI=1S/C18H15N3O2/c1-10-7-11(2)19-14(10)9-13-17(20-21-18(13)22)16-8-12-5-3-4-6-15(12)23-16/h3-9,19H,1-2H3,(H,21,22)/b13-9-. The molecule has 0 atom stereocenters. The number of hydrazone groups is 1. The van der Waals surface area contributed by atoms with Crippen molar-refractivity contribution in [1.82, 2.24) is 10.4 Å². The fourth-order valence-corrected chi connectivity index (χ4v) is 2.80. The molecule has 2 aromatic heterocycles. The number of para-hydroxylation sites is 1. The number of fused-ring (bicyclic) bond motifs is 1. The van der Waals surface area contributed by atoms with E-state index in [4.69, 9.17) is 4.42 Å². The van der Waals surface area contributed by atoms with Crippen LogP contribution in [0.1, 0.15) is 22.7 Å². The smallest absolute Gasteiger partial charge is 0.273 e. The van der Waals surface area contributed by atoms with Crippen molar-refractivity contribution in [2.24, 2.45) is 5.10 Å². The first-order valence-corrected chi connectivity index (χ1v) is 7.37. The van der Waals surface area contributed by atoms with Crippen LogP contribution in [0.25, 0.3) is 17.0 Å². The van der Waals surface area contributed by atoms with E-state index < -0.39 is 0 Å². The number of nitrogens with one attached hydrogen (secondary N) is 2. The number of hydrogen-bond donors (Lipinski definition) is 2. The Labute approximate surface area is 132 Å². The fourth-order valence-electron chi connectivity index (χ4n) is 2.80. The van der Waals surface area contributed by atoms with Crippen LogP contribution >= 0.6 is 0 Å². The second kappa shape index (κ2) is 4.98. The Kier molecular flexibility index (Phi) is 2.94. The number of H-pyrrole nitrogens is 1. The fraction of sp³-hybridized carbons (Fsp3) is 0.111. The molecular weight excluding hydrogens is 290 g/mol. The molecule has 1 aliphatic heterocycles. The summed E-state index contributed by atoms with van der Waals surface area (Å²) in [7, 11) is 0. The number of carbonyl (C=O) groups excluding carboxylic acids is 1. The molecule has 4 rings (SSSR count). The van der Waals surface area contributed by atoms with Gasteiger partial charge in [0.1, 0.15) is 11.3 Å². The molecule has 0 fully saturated rings. The molecule has 0 bridgehead atoms. The van der Waals surface area contributed by atoms with Gasteiger partial charge in [-0.1, -0.05) is 18.2 Å². The van der Waals surface area contributed by atoms with Crippen LogP contribution in [0.5, 0.6) is 0 Å². The van der Waals surface area contributed by atoms with Gasteiger partial charge in [-0.2, -0.15) is 5.10 Å². The third kappa shape index (κ3) is 2.26. The van der Waals surface area contributed by atoms with E-state index in [0.29, 0.717) is 17.0 Å². The van der Waals surface area contributed by atoms with Crippen molar-refractivity contribution in [3.05, 3.63) is 64.7 Å². The lowest BCUT2D eigenvalue weighted by molar-refractivity contribution is -0.116. The number of benzene rings is 1. The van der Waals surface area contributed by atoms with Crippen LogP contribution in [-0.2, 0) is 4.79 Å². The first kappa shape index (κ1) is 13.6. The molecule has 1 aliphatic rings. The molecule has 0 saturated carbocycles. The molecular formula is C18H15N3O2. The summed E-state index contributed by atoms with van der Waals surface area (Å²) in [6.45, 7) is 3.98. The maximum Gasteiger partial charge on any atom is 0.273 e. The molecule has 3 aromatic rings. The normalized spacial score (nSPS) is 16.2. The Bertz CT molecular complexity index is 956. The molecule has 0 aliphatic carbocycles. The SMILES string of the molecule is Cc1cc(C)c(/C=C2\C(=O)NN=C2c2cc3ccccc3o2)[nH]1. The Morgan fingerprint density at radius 3 is 2.74 bits per heavy atom. The van der Waals surface area contributed by atoms with Gasteiger partial charge in [-0.25, -0.2) is 5.43 Å². The van der Waals surface area contributed by atoms with Gasteiger partial charge in [0, 0.05) is 16.8 Å². The van der Waals surface area contributed by atoms with Gasteiger partial charge in [0.15, 0.2) is 5.76 Å². The lowest BCUT2D eigenvalue weighted by Gasteiger charge is -1.98. The average Bonchev–Trinajstić information content (AvgIpc) is 3.18. The van der Waals surface area contributed by atoms with E-state index >= 15 is 0 Å². The summed E-state index contributed by atoms with van der Waals surface area (Å²) < 4.78 is 5.83. The van der Waals surface area contributed by atoms with Gasteiger partial charge in [0.2, 0.25) is 0 Å². The maximum absolute atomic E-state index is 12.1. The van der Waals surface area contributed by atoms with Crippen LogP contribution in [0, 0.1) is 13.8 Å². The second-order valence-corrected chi connectivity index (χ2v) is 5.66. The molecule has 1 amide bonds. The lowest BCUT2D eigenvalue weighted by Crippen LogP contribution is -2.13. The first-order chi connectivity index (χ1) is 11.1. The minimum absolute atomic E-state index is 0.230. The summed E-state index contributed by atoms with van der Waals surface area (Å²) in [6.07, 6.45) is 1.82. The van der Waals surface area contributed by atoms with Crippen LogP contribution in [0.2, 0.25) is 0 Å². The summed E-state index contributed by atoms with van der Waals surface area (Å²) >= 11 is 0. The molecule has 0 spiro atoms. The largest absolute Gasteiger partial charge is 0.454 e. The Morgan fingerprint density at radius 1 is 1.17 bits per heavy atom. The number of nitrogens with zero attached hydrogens (tertiary/aromatic N) is 1. The predicted octanol–water partition coefficient (Wildman–Crippen LogP) is 3.30. The van der Waals surface area contributed by atoms with Crippen molar-refractivity contribution in [2.75, 3.05) is 0 Å². The summed E-state index contributed by atoms with van der Waals surface area (Å²) in [4.78, 5) is 15.4. The van der Waals surface area contributed by atoms with Crippen molar-refractivity contribution in [3.63, 3.8) is 0 Å². The maximum atomic E-state index is 12.1. The van der Waals surface area contributed by atoms with Crippen LogP contribution < -0.4 is 5.43 Å². The molecule has 114 valence electrons. The first-order valence-electron chi connectivity index (χ1n) is 7.37. The summed E-state index contributed by atoms with van der Waals surface area (Å²) in [6, 6.07) is 11.7. The van der Waals surface area contributed by atoms with Gasteiger partial charge in [-0.15, -0.1) is 0 Å². The summed E-state index contributed by atoms with van der Waals surface area (Å²) in [5, 5.41) is 5.12. The monoisotopic (exact) mass is 305 g/mol. The van der Waals surface area contributed by atoms with E-state index in [1.165, 1.54) is 0 Å². The van der Waals surface area contributed by atoms with Crippen LogP contribution in [0.3, 0.4) is 0 Å². The van der Waals surface area contributed by atoms with Crippen molar-refractivity contribution in [2.45, 2.75) is 13.8 Å². The number of carbonyl (C=O) groups is 1. The zero-order chi connectivity index (χ0) is 16.0. The highest BCUT2D eigenvalue weighted by atomic mass is 16.3. The molecule has 3 heterocycles. The summed E-state index contributed by atoms with van der Waals surface area (Å²) in [5.74, 6) is 0.351. The molecule has 0 radical (unpaired) electrons. The van der Waals surface area contributed by atoms with E-state index in [0.717, 1.165) is 27.9 Å². The minimum atomic E-state index is -0.230. The van der Waals surface area contributed by atoms with Gasteiger partial charge in [0.05, 0.1) is 5.57 Å². The molecule has 5 nitrogen and oxygen atoms in total. The molecule has 0 saturated heterocycles. The van der Waals surface area contributed by atoms with E-state index in [1.54, 1.807) is 0 Å². The third-order valence-corrected chi connectivity index (χ3v) is 3.91. The zero-order valence-electron chi connectivity index (χ0n) is 12.8. The highest BCUT2D eigenvalue weighted by Gasteiger charge is 2.27. The van der Waals surface area contributed by atoms with Crippen LogP contribution in [-0.4, -0.2) is 16.6 Å². The van der Waals surface area contributed by atoms with Gasteiger partial charge < -0.3 is 9.40 Å². The Hall–Kier alpha value is -3.08. The topological polar surface area (TPSA) is 70.4 Å². The second-order valence-electron chi connectivity index (χ2n) is 5.66. The van der Waals surface area contributed by atoms with Gasteiger partial charge in [-0.05, 0) is 43.7 Å². The highest BCUT2D eigenvalue weighted by Crippen LogP contribution is 2.25. The predicted molar refractivity (Wildman–Crippen MR) is 89.1 cm³/mol. The van der Waals surface area contributed by atoms with Crippen LogP contribution in [0.15, 0.2) is 51.5 Å². The van der Waals surface area contributed by atoms with Crippen molar-refractivity contribution in [1.29, 1.82) is 0 Å². The van der Waals surface area contributed by atoms with Crippen molar-refractivity contribution in [3.8, 4) is 0 Å². The number of hydrogen-bond acceptors (Lipinski definition) is 3. The third-order valence-electron chi connectivity index (χ3n) is 3.91. The Balaban J connectivity index is 1.81. The number of furan rings is 1. The molecule has 0 unspecified atom stereocenters. The average molecular weight is 305 g/mol. The quantitative estimate of drug-likeness (QED) is 0.713. The molecule has 23 heavy (non-hydrogen) atoms. The minimum Gasteiger partial charge on any atom is -0.454 e. The van der Waals surface area contributed by atoms with E-state index in [1.807, 2.05) is 56.3 Å². The van der Waals surface area contributed by atoms with E-state index in [-0.39, 0.29) is 5.91 Å². The lowest BCUT2D eigenvalue weighted by atomic mass is 10.1. The molecule has 2 N–H and O–H groups in total. The van der Waals surface area contributed by atoms with Crippen molar-refractivity contribution >= 4 is 28.7 Å². The van der Waals surface area contributed by atoms with Crippen molar-refractivity contribution < 1.29 is 9.21 Å². The molecule has 5 heteroatoms. The van der Waals surface area contributed by atoms with Gasteiger partial charge in [-0.3, -0.25) is 4.79 Å².